The molecule has 0 aromatic carbocycles. The second-order valence-corrected chi connectivity index (χ2v) is 8.47. The van der Waals surface area contributed by atoms with Crippen molar-refractivity contribution in [3.8, 4) is 0 Å². The number of aliphatic hydroxyl groups excluding tert-OH is 4. The molecule has 0 aromatic rings. The topological polar surface area (TPSA) is 173 Å². The lowest BCUT2D eigenvalue weighted by Crippen LogP contribution is -2.61. The molecule has 212 valence electrons. The van der Waals surface area contributed by atoms with Crippen molar-refractivity contribution in [2.45, 2.75) is 61.4 Å². The Bertz CT molecular complexity index is 549. The lowest BCUT2D eigenvalue weighted by molar-refractivity contribution is -0.315. The van der Waals surface area contributed by atoms with Crippen molar-refractivity contribution in [3.05, 3.63) is 0 Å². The summed E-state index contributed by atoms with van der Waals surface area (Å²) in [6.45, 7) is 0.493. The van der Waals surface area contributed by atoms with Crippen LogP contribution in [0.3, 0.4) is 0 Å². The van der Waals surface area contributed by atoms with Gasteiger partial charge in [-0.1, -0.05) is 0 Å². The van der Waals surface area contributed by atoms with E-state index in [2.05, 4.69) is 0 Å². The SMILES string of the molecule is CO[C@H]1O[C@H](CO)[C@@H](O)[C@@H]2OCCOCCO[C@H]3[C@@H](OC)O[C@H](CO)[C@@H](O)[C@@H]3OCCOCCO[C@@H]12. The zero-order valence-electron chi connectivity index (χ0n) is 20.7. The maximum Gasteiger partial charge on any atom is 0.186 e. The van der Waals surface area contributed by atoms with Crippen LogP contribution in [0.2, 0.25) is 0 Å². The van der Waals surface area contributed by atoms with E-state index in [9.17, 15) is 20.4 Å². The number of hydrogen-bond donors (Lipinski definition) is 4. The van der Waals surface area contributed by atoms with Crippen LogP contribution in [0, 0.1) is 0 Å². The van der Waals surface area contributed by atoms with Gasteiger partial charge in [-0.15, -0.1) is 0 Å². The lowest BCUT2D eigenvalue weighted by Gasteiger charge is -2.43. The van der Waals surface area contributed by atoms with Gasteiger partial charge in [0, 0.05) is 14.2 Å². The average molecular weight is 529 g/mol. The van der Waals surface area contributed by atoms with Crippen molar-refractivity contribution in [1.82, 2.24) is 0 Å². The number of aliphatic hydroxyl groups is 4. The first kappa shape index (κ1) is 30.0. The number of rotatable bonds is 4. The molecule has 14 heteroatoms. The fraction of sp³-hybridized carbons (Fsp3) is 1.00. The number of fused-ring (bicyclic) bond motifs is 2. The molecular weight excluding hydrogens is 488 g/mol. The van der Waals surface area contributed by atoms with Crippen LogP contribution in [0.25, 0.3) is 0 Å². The van der Waals surface area contributed by atoms with Crippen molar-refractivity contribution in [1.29, 1.82) is 0 Å². The summed E-state index contributed by atoms with van der Waals surface area (Å²) in [5, 5.41) is 40.4. The maximum absolute atomic E-state index is 10.6. The summed E-state index contributed by atoms with van der Waals surface area (Å²) in [4.78, 5) is 0. The van der Waals surface area contributed by atoms with E-state index in [1.165, 1.54) is 14.2 Å². The molecule has 3 saturated heterocycles. The lowest BCUT2D eigenvalue weighted by atomic mass is 9.98. The predicted octanol–water partition coefficient (Wildman–Crippen LogP) is -2.98. The van der Waals surface area contributed by atoms with Crippen LogP contribution >= 0.6 is 0 Å². The van der Waals surface area contributed by atoms with E-state index in [4.69, 9.17) is 47.4 Å². The van der Waals surface area contributed by atoms with Crippen molar-refractivity contribution in [2.75, 3.05) is 80.3 Å². The van der Waals surface area contributed by atoms with Gasteiger partial charge in [0.15, 0.2) is 12.6 Å². The van der Waals surface area contributed by atoms with E-state index in [0.29, 0.717) is 0 Å². The summed E-state index contributed by atoms with van der Waals surface area (Å²) in [6.07, 6.45) is -8.98. The Kier molecular flexibility index (Phi) is 13.1. The standard InChI is InChI=1S/C22H40O14/c1-27-21-19-17(15(25)13(11-23)35-21)31-7-3-30-6-10-34-20-18(32-8-4-29-5-9-33-19)16(26)14(12-24)36-22(20)28-2/h13-26H,3-12H2,1-2H3/t13-,14-,15-,16-,17+,18+,19-,20-,21+,22+/m1/s1. The Balaban J connectivity index is 1.63. The van der Waals surface area contributed by atoms with E-state index in [-0.39, 0.29) is 52.9 Å². The van der Waals surface area contributed by atoms with Gasteiger partial charge < -0.3 is 67.8 Å². The minimum atomic E-state index is -1.14. The zero-order valence-corrected chi connectivity index (χ0v) is 20.7. The first-order chi connectivity index (χ1) is 17.5. The van der Waals surface area contributed by atoms with Gasteiger partial charge in [0.05, 0.1) is 66.1 Å². The molecule has 0 saturated carbocycles. The Morgan fingerprint density at radius 1 is 0.556 bits per heavy atom. The third kappa shape index (κ3) is 7.74. The van der Waals surface area contributed by atoms with Crippen molar-refractivity contribution >= 4 is 0 Å². The number of ether oxygens (including phenoxy) is 10. The highest BCUT2D eigenvalue weighted by molar-refractivity contribution is 4.92. The Labute approximate surface area is 210 Å². The highest BCUT2D eigenvalue weighted by Crippen LogP contribution is 2.28. The van der Waals surface area contributed by atoms with E-state index < -0.39 is 74.6 Å². The normalized spacial score (nSPS) is 42.5. The molecule has 3 heterocycles. The minimum absolute atomic E-state index is 0.128. The van der Waals surface area contributed by atoms with E-state index in [1.54, 1.807) is 0 Å². The summed E-state index contributed by atoms with van der Waals surface area (Å²) in [5.41, 5.74) is 0. The Morgan fingerprint density at radius 3 is 1.19 bits per heavy atom. The molecule has 0 bridgehead atoms. The molecule has 36 heavy (non-hydrogen) atoms. The molecule has 0 amide bonds. The van der Waals surface area contributed by atoms with Crippen LogP contribution in [-0.2, 0) is 47.4 Å². The second kappa shape index (κ2) is 15.8. The largest absolute Gasteiger partial charge is 0.394 e. The van der Waals surface area contributed by atoms with Gasteiger partial charge in [-0.25, -0.2) is 0 Å². The first-order valence-electron chi connectivity index (χ1n) is 12.1. The van der Waals surface area contributed by atoms with Gasteiger partial charge in [-0.2, -0.15) is 0 Å². The third-order valence-electron chi connectivity index (χ3n) is 6.21. The molecule has 3 aliphatic heterocycles. The van der Waals surface area contributed by atoms with E-state index in [1.807, 2.05) is 0 Å². The van der Waals surface area contributed by atoms with Gasteiger partial charge in [0.2, 0.25) is 0 Å². The highest BCUT2D eigenvalue weighted by atomic mass is 16.7. The highest BCUT2D eigenvalue weighted by Gasteiger charge is 2.48. The molecular formula is C22H40O14. The van der Waals surface area contributed by atoms with Crippen LogP contribution < -0.4 is 0 Å². The van der Waals surface area contributed by atoms with E-state index in [0.717, 1.165) is 0 Å². The minimum Gasteiger partial charge on any atom is -0.394 e. The molecule has 0 aromatic heterocycles. The molecule has 0 aliphatic carbocycles. The molecule has 14 nitrogen and oxygen atoms in total. The predicted molar refractivity (Wildman–Crippen MR) is 118 cm³/mol. The number of hydrogen-bond acceptors (Lipinski definition) is 14. The number of methoxy groups -OCH3 is 2. The fourth-order valence-corrected chi connectivity index (χ4v) is 4.37. The zero-order chi connectivity index (χ0) is 25.9. The van der Waals surface area contributed by atoms with Crippen LogP contribution in [0.15, 0.2) is 0 Å². The second-order valence-electron chi connectivity index (χ2n) is 8.47. The summed E-state index contributed by atoms with van der Waals surface area (Å²) in [7, 11) is 2.88. The van der Waals surface area contributed by atoms with Crippen LogP contribution in [0.1, 0.15) is 0 Å². The molecule has 4 N–H and O–H groups in total. The van der Waals surface area contributed by atoms with Crippen molar-refractivity contribution in [2.24, 2.45) is 0 Å². The molecule has 0 spiro atoms. The molecule has 3 rings (SSSR count). The molecule has 3 fully saturated rings. The summed E-state index contributed by atoms with van der Waals surface area (Å²) >= 11 is 0. The van der Waals surface area contributed by atoms with Crippen molar-refractivity contribution < 1.29 is 67.8 Å². The smallest absolute Gasteiger partial charge is 0.186 e. The maximum atomic E-state index is 10.6. The molecule has 0 unspecified atom stereocenters. The monoisotopic (exact) mass is 528 g/mol. The van der Waals surface area contributed by atoms with Gasteiger partial charge >= 0.3 is 0 Å². The van der Waals surface area contributed by atoms with Crippen molar-refractivity contribution in [3.63, 3.8) is 0 Å². The third-order valence-corrected chi connectivity index (χ3v) is 6.21. The van der Waals surface area contributed by atoms with Crippen LogP contribution in [0.5, 0.6) is 0 Å². The van der Waals surface area contributed by atoms with E-state index >= 15 is 0 Å². The van der Waals surface area contributed by atoms with Crippen LogP contribution in [-0.4, -0.2) is 162 Å². The summed E-state index contributed by atoms with van der Waals surface area (Å²) < 4.78 is 56.5. The van der Waals surface area contributed by atoms with Gasteiger partial charge in [0.25, 0.3) is 0 Å². The van der Waals surface area contributed by atoms with Crippen LogP contribution in [0.4, 0.5) is 0 Å². The van der Waals surface area contributed by atoms with Gasteiger partial charge in [0.1, 0.15) is 48.8 Å². The average Bonchev–Trinajstić information content (AvgIpc) is 2.89. The summed E-state index contributed by atoms with van der Waals surface area (Å²) in [5.74, 6) is 0. The fourth-order valence-electron chi connectivity index (χ4n) is 4.37. The quantitative estimate of drug-likeness (QED) is 0.291. The molecule has 0 radical (unpaired) electrons. The van der Waals surface area contributed by atoms with Gasteiger partial charge in [-0.05, 0) is 0 Å². The Morgan fingerprint density at radius 2 is 0.889 bits per heavy atom. The summed E-state index contributed by atoms with van der Waals surface area (Å²) in [6, 6.07) is 0. The van der Waals surface area contributed by atoms with Gasteiger partial charge in [-0.3, -0.25) is 0 Å². The molecule has 10 atom stereocenters. The molecule has 3 aliphatic rings. The first-order valence-corrected chi connectivity index (χ1v) is 12.1. The Hall–Kier alpha value is -0.560.